The van der Waals surface area contributed by atoms with Gasteiger partial charge in [-0.1, -0.05) is 0 Å². The fraction of sp³-hybridized carbons (Fsp3) is 0.600. The highest BCUT2D eigenvalue weighted by molar-refractivity contribution is 5.88. The zero-order valence-corrected chi connectivity index (χ0v) is 20.7. The van der Waals surface area contributed by atoms with Crippen molar-refractivity contribution < 1.29 is 14.2 Å². The lowest BCUT2D eigenvalue weighted by molar-refractivity contribution is 0.203. The maximum atomic E-state index is 7.04. The number of guanidine groups is 1. The first-order valence-corrected chi connectivity index (χ1v) is 12.6. The van der Waals surface area contributed by atoms with Crippen molar-refractivity contribution in [3.63, 3.8) is 0 Å². The van der Waals surface area contributed by atoms with E-state index in [9.17, 15) is 0 Å². The molecule has 0 radical (unpaired) electrons. The Hall–Kier alpha value is -2.82. The number of ether oxygens (including phenoxy) is 3. The predicted octanol–water partition coefficient (Wildman–Crippen LogP) is 2.15. The van der Waals surface area contributed by atoms with Gasteiger partial charge in [0.25, 0.3) is 0 Å². The lowest BCUT2D eigenvalue weighted by atomic mass is 9.92. The Morgan fingerprint density at radius 1 is 1.14 bits per heavy atom. The number of nitrogens with two attached hydrogens (primary N) is 1. The molecule has 0 bridgehead atoms. The second-order valence-electron chi connectivity index (χ2n) is 9.57. The minimum Gasteiger partial charge on any atom is -0.493 e. The predicted molar refractivity (Wildman–Crippen MR) is 134 cm³/mol. The third kappa shape index (κ3) is 5.24. The molecule has 2 aliphatic heterocycles. The summed E-state index contributed by atoms with van der Waals surface area (Å²) >= 11 is 0. The topological polar surface area (TPSA) is 122 Å². The molecule has 1 saturated heterocycles. The summed E-state index contributed by atoms with van der Waals surface area (Å²) < 4.78 is 17.0. The van der Waals surface area contributed by atoms with Gasteiger partial charge in [0.15, 0.2) is 23.1 Å². The first kappa shape index (κ1) is 23.9. The molecule has 10 nitrogen and oxygen atoms in total. The molecule has 3 heterocycles. The van der Waals surface area contributed by atoms with Crippen molar-refractivity contribution in [3.05, 3.63) is 35.2 Å². The molecule has 35 heavy (non-hydrogen) atoms. The van der Waals surface area contributed by atoms with Crippen LogP contribution < -0.4 is 25.8 Å². The summed E-state index contributed by atoms with van der Waals surface area (Å²) in [6.07, 6.45) is 5.92. The van der Waals surface area contributed by atoms with Crippen LogP contribution in [0.4, 0.5) is 5.69 Å². The number of H-pyrrole nitrogens is 1. The fourth-order valence-electron chi connectivity index (χ4n) is 4.81. The second-order valence-corrected chi connectivity index (χ2v) is 9.57. The summed E-state index contributed by atoms with van der Waals surface area (Å²) in [5.41, 5.74) is 9.29. The number of benzene rings is 1. The molecule has 1 aromatic heterocycles. The highest BCUT2D eigenvalue weighted by Crippen LogP contribution is 2.44. The third-order valence-corrected chi connectivity index (χ3v) is 6.95. The van der Waals surface area contributed by atoms with E-state index in [0.29, 0.717) is 48.8 Å². The van der Waals surface area contributed by atoms with Crippen molar-refractivity contribution in [1.82, 2.24) is 25.7 Å². The van der Waals surface area contributed by atoms with Gasteiger partial charge in [0, 0.05) is 43.4 Å². The summed E-state index contributed by atoms with van der Waals surface area (Å²) in [7, 11) is 3.32. The van der Waals surface area contributed by atoms with E-state index in [1.807, 2.05) is 12.1 Å². The van der Waals surface area contributed by atoms with Gasteiger partial charge in [0.05, 0.1) is 26.0 Å². The maximum Gasteiger partial charge on any atom is 0.198 e. The van der Waals surface area contributed by atoms with Crippen LogP contribution in [0.15, 0.2) is 23.2 Å². The van der Waals surface area contributed by atoms with E-state index >= 15 is 0 Å². The lowest BCUT2D eigenvalue weighted by Gasteiger charge is -2.35. The van der Waals surface area contributed by atoms with Crippen LogP contribution in [0.5, 0.6) is 11.5 Å². The van der Waals surface area contributed by atoms with E-state index < -0.39 is 5.66 Å². The number of hydrogen-bond donors (Lipinski definition) is 4. The Balaban J connectivity index is 1.41. The number of nitrogens with zero attached hydrogens (tertiary/aromatic N) is 3. The number of likely N-dealkylation sites (tertiary alicyclic amines) is 1. The van der Waals surface area contributed by atoms with Crippen LogP contribution in [0.2, 0.25) is 0 Å². The summed E-state index contributed by atoms with van der Waals surface area (Å²) in [6.45, 7) is 5.20. The second kappa shape index (κ2) is 10.4. The molecule has 2 aromatic rings. The summed E-state index contributed by atoms with van der Waals surface area (Å²) in [5.74, 6) is 2.41. The molecule has 1 atom stereocenters. The minimum absolute atomic E-state index is 0.543. The van der Waals surface area contributed by atoms with Crippen molar-refractivity contribution >= 4 is 11.6 Å². The third-order valence-electron chi connectivity index (χ3n) is 6.95. The van der Waals surface area contributed by atoms with E-state index in [-0.39, 0.29) is 0 Å². The van der Waals surface area contributed by atoms with Crippen molar-refractivity contribution in [3.8, 4) is 11.5 Å². The smallest absolute Gasteiger partial charge is 0.198 e. The standard InChI is InChI=1S/C25H37N7O3/c1-33-13-8-27-24-28-20-15-22(35-12-5-11-32-9-3-4-10-32)21(34-2)14-18(20)25(26,29-24)23-16-19(30-31-23)17-6-7-17/h14-17H,3-13,26H2,1-2H3,(H,30,31)(H2,27,28,29). The van der Waals surface area contributed by atoms with Gasteiger partial charge in [-0.2, -0.15) is 5.10 Å². The Morgan fingerprint density at radius 3 is 2.71 bits per heavy atom. The number of fused-ring (bicyclic) bond motifs is 1. The molecule has 3 aliphatic rings. The first-order chi connectivity index (χ1) is 17.1. The van der Waals surface area contributed by atoms with Crippen LogP contribution in [-0.4, -0.2) is 74.7 Å². The number of hydrogen-bond acceptors (Lipinski definition) is 9. The van der Waals surface area contributed by atoms with E-state index in [1.165, 1.54) is 38.8 Å². The van der Waals surface area contributed by atoms with Crippen molar-refractivity contribution in [1.29, 1.82) is 0 Å². The average molecular weight is 484 g/mol. The molecule has 0 spiro atoms. The molecule has 0 amide bonds. The zero-order chi connectivity index (χ0) is 24.3. The highest BCUT2D eigenvalue weighted by atomic mass is 16.5. The number of aromatic nitrogens is 2. The highest BCUT2D eigenvalue weighted by Gasteiger charge is 2.40. The van der Waals surface area contributed by atoms with Crippen LogP contribution in [-0.2, 0) is 10.4 Å². The van der Waals surface area contributed by atoms with Gasteiger partial charge in [0.2, 0.25) is 0 Å². The van der Waals surface area contributed by atoms with Gasteiger partial charge in [-0.25, -0.2) is 4.99 Å². The molecule has 190 valence electrons. The number of nitrogens with one attached hydrogen (secondary N) is 3. The van der Waals surface area contributed by atoms with Gasteiger partial charge in [-0.15, -0.1) is 0 Å². The Kier molecular flexibility index (Phi) is 7.12. The van der Waals surface area contributed by atoms with E-state index in [1.54, 1.807) is 14.2 Å². The monoisotopic (exact) mass is 483 g/mol. The van der Waals surface area contributed by atoms with Gasteiger partial charge in [-0.3, -0.25) is 10.8 Å². The molecule has 5 rings (SSSR count). The van der Waals surface area contributed by atoms with E-state index in [0.717, 1.165) is 29.9 Å². The number of rotatable bonds is 11. The maximum absolute atomic E-state index is 7.04. The number of aromatic amines is 1. The van der Waals surface area contributed by atoms with Gasteiger partial charge >= 0.3 is 0 Å². The minimum atomic E-state index is -1.09. The van der Waals surface area contributed by atoms with Crippen LogP contribution >= 0.6 is 0 Å². The summed E-state index contributed by atoms with van der Waals surface area (Å²) in [6, 6.07) is 5.89. The van der Waals surface area contributed by atoms with E-state index in [4.69, 9.17) is 24.9 Å². The van der Waals surface area contributed by atoms with Crippen molar-refractivity contribution in [2.45, 2.75) is 43.7 Å². The fourth-order valence-corrected chi connectivity index (χ4v) is 4.81. The first-order valence-electron chi connectivity index (χ1n) is 12.6. The number of methoxy groups -OCH3 is 2. The van der Waals surface area contributed by atoms with Crippen molar-refractivity contribution in [2.75, 3.05) is 53.6 Å². The molecule has 5 N–H and O–H groups in total. The Labute approximate surface area is 206 Å². The molecular weight excluding hydrogens is 446 g/mol. The Bertz CT molecular complexity index is 1050. The van der Waals surface area contributed by atoms with Crippen LogP contribution in [0.1, 0.15) is 55.0 Å². The van der Waals surface area contributed by atoms with Crippen molar-refractivity contribution in [2.24, 2.45) is 10.7 Å². The van der Waals surface area contributed by atoms with Gasteiger partial charge in [0.1, 0.15) is 5.69 Å². The zero-order valence-electron chi connectivity index (χ0n) is 20.7. The number of aliphatic imine (C=N–C) groups is 1. The average Bonchev–Trinajstić information content (AvgIpc) is 3.35. The largest absolute Gasteiger partial charge is 0.493 e. The summed E-state index contributed by atoms with van der Waals surface area (Å²) in [4.78, 5) is 7.29. The molecular formula is C25H37N7O3. The molecule has 1 aliphatic carbocycles. The molecule has 1 aromatic carbocycles. The van der Waals surface area contributed by atoms with Gasteiger partial charge < -0.3 is 29.7 Å². The SMILES string of the molecule is COCCNC1=Nc2cc(OCCCN3CCCC3)c(OC)cc2C(N)(c2cc(C3CC3)[nH]n2)N1. The van der Waals surface area contributed by atoms with Crippen LogP contribution in [0.25, 0.3) is 0 Å². The quantitative estimate of drug-likeness (QED) is 0.359. The molecule has 1 saturated carbocycles. The Morgan fingerprint density at radius 2 is 1.97 bits per heavy atom. The molecule has 10 heteroatoms. The summed E-state index contributed by atoms with van der Waals surface area (Å²) in [5, 5.41) is 14.4. The normalized spacial score (nSPS) is 21.9. The molecule has 2 fully saturated rings. The van der Waals surface area contributed by atoms with Crippen LogP contribution in [0.3, 0.4) is 0 Å². The van der Waals surface area contributed by atoms with E-state index in [2.05, 4.69) is 31.8 Å². The molecule has 1 unspecified atom stereocenters. The lowest BCUT2D eigenvalue weighted by Crippen LogP contribution is -2.59. The van der Waals surface area contributed by atoms with Gasteiger partial charge in [-0.05, 0) is 57.3 Å². The van der Waals surface area contributed by atoms with Crippen LogP contribution in [0, 0.1) is 0 Å².